The van der Waals surface area contributed by atoms with Gasteiger partial charge in [-0.15, -0.1) is 0 Å². The second-order valence-corrected chi connectivity index (χ2v) is 2.59. The van der Waals surface area contributed by atoms with Crippen LogP contribution in [0.2, 0.25) is 0 Å². The molecule has 1 rings (SSSR count). The van der Waals surface area contributed by atoms with Gasteiger partial charge < -0.3 is 14.8 Å². The van der Waals surface area contributed by atoms with Crippen LogP contribution in [0.5, 0.6) is 5.75 Å². The zero-order chi connectivity index (χ0) is 9.30. The molecule has 0 aliphatic heterocycles. The van der Waals surface area contributed by atoms with Crippen molar-refractivity contribution >= 4 is 5.97 Å². The molecule has 1 heterocycles. The topological polar surface area (TPSA) is 62.3 Å². The first-order chi connectivity index (χ1) is 5.57. The maximum Gasteiger partial charge on any atom is 0.352 e. The number of rotatable bonds is 2. The van der Waals surface area contributed by atoms with Crippen LogP contribution in [-0.2, 0) is 0 Å². The molecule has 0 aliphatic carbocycles. The minimum atomic E-state index is -0.959. The van der Waals surface area contributed by atoms with E-state index in [1.54, 1.807) is 13.8 Å². The number of aromatic nitrogens is 1. The van der Waals surface area contributed by atoms with Gasteiger partial charge in [-0.05, 0) is 13.8 Å². The molecule has 1 aromatic heterocycles. The van der Waals surface area contributed by atoms with Gasteiger partial charge in [0.2, 0.25) is 0 Å². The highest BCUT2D eigenvalue weighted by atomic mass is 16.5. The standard InChI is InChI=1S/C8H11NO3/c1-4-6(8(10)11)9-5(2)7(4)12-3/h9H,1-3H3,(H,10,11). The van der Waals surface area contributed by atoms with E-state index < -0.39 is 5.97 Å². The zero-order valence-corrected chi connectivity index (χ0v) is 7.26. The lowest BCUT2D eigenvalue weighted by molar-refractivity contribution is 0.0690. The number of methoxy groups -OCH3 is 1. The predicted molar refractivity (Wildman–Crippen MR) is 43.8 cm³/mol. The summed E-state index contributed by atoms with van der Waals surface area (Å²) in [5.41, 5.74) is 1.58. The minimum absolute atomic E-state index is 0.198. The van der Waals surface area contributed by atoms with Gasteiger partial charge in [0.25, 0.3) is 0 Å². The maximum absolute atomic E-state index is 10.6. The largest absolute Gasteiger partial charge is 0.495 e. The van der Waals surface area contributed by atoms with Crippen LogP contribution in [0.3, 0.4) is 0 Å². The molecule has 0 atom stereocenters. The van der Waals surface area contributed by atoms with Crippen LogP contribution in [0.4, 0.5) is 0 Å². The van der Waals surface area contributed by atoms with Crippen LogP contribution >= 0.6 is 0 Å². The van der Waals surface area contributed by atoms with Crippen molar-refractivity contribution in [3.63, 3.8) is 0 Å². The first kappa shape index (κ1) is 8.64. The van der Waals surface area contributed by atoms with Gasteiger partial charge in [-0.2, -0.15) is 0 Å². The lowest BCUT2D eigenvalue weighted by Gasteiger charge is -1.97. The van der Waals surface area contributed by atoms with Crippen molar-refractivity contribution in [2.45, 2.75) is 13.8 Å². The van der Waals surface area contributed by atoms with Crippen LogP contribution in [0, 0.1) is 13.8 Å². The van der Waals surface area contributed by atoms with Crippen LogP contribution in [0.15, 0.2) is 0 Å². The summed E-state index contributed by atoms with van der Waals surface area (Å²) >= 11 is 0. The molecular formula is C8H11NO3. The van der Waals surface area contributed by atoms with Crippen molar-refractivity contribution in [1.29, 1.82) is 0 Å². The Morgan fingerprint density at radius 3 is 2.33 bits per heavy atom. The van der Waals surface area contributed by atoms with Crippen molar-refractivity contribution in [3.8, 4) is 5.75 Å². The summed E-state index contributed by atoms with van der Waals surface area (Å²) in [6.45, 7) is 3.49. The van der Waals surface area contributed by atoms with E-state index in [9.17, 15) is 4.79 Å². The summed E-state index contributed by atoms with van der Waals surface area (Å²) < 4.78 is 5.01. The smallest absolute Gasteiger partial charge is 0.352 e. The lowest BCUT2D eigenvalue weighted by atomic mass is 10.2. The molecule has 0 saturated heterocycles. The molecule has 0 aliphatic rings. The van der Waals surface area contributed by atoms with Gasteiger partial charge in [-0.25, -0.2) is 4.79 Å². The Balaban J connectivity index is 3.26. The van der Waals surface area contributed by atoms with E-state index in [0.717, 1.165) is 5.69 Å². The second kappa shape index (κ2) is 2.89. The molecule has 0 amide bonds. The minimum Gasteiger partial charge on any atom is -0.495 e. The molecule has 0 saturated carbocycles. The molecule has 12 heavy (non-hydrogen) atoms. The number of aryl methyl sites for hydroxylation is 1. The molecule has 0 spiro atoms. The molecule has 0 aromatic carbocycles. The lowest BCUT2D eigenvalue weighted by Crippen LogP contribution is -1.98. The summed E-state index contributed by atoms with van der Waals surface area (Å²) in [4.78, 5) is 13.4. The summed E-state index contributed by atoms with van der Waals surface area (Å²) in [7, 11) is 1.52. The first-order valence-electron chi connectivity index (χ1n) is 3.54. The summed E-state index contributed by atoms with van der Waals surface area (Å²) in [5.74, 6) is -0.341. The molecule has 1 aromatic rings. The summed E-state index contributed by atoms with van der Waals surface area (Å²) in [6.07, 6.45) is 0. The van der Waals surface area contributed by atoms with Gasteiger partial charge in [0.15, 0.2) is 0 Å². The van der Waals surface area contributed by atoms with E-state index in [0.29, 0.717) is 11.3 Å². The number of ether oxygens (including phenoxy) is 1. The third-order valence-electron chi connectivity index (χ3n) is 1.79. The van der Waals surface area contributed by atoms with Crippen molar-refractivity contribution in [2.24, 2.45) is 0 Å². The Morgan fingerprint density at radius 2 is 2.08 bits per heavy atom. The average molecular weight is 169 g/mol. The highest BCUT2D eigenvalue weighted by molar-refractivity contribution is 5.88. The Morgan fingerprint density at radius 1 is 1.50 bits per heavy atom. The highest BCUT2D eigenvalue weighted by Gasteiger charge is 2.16. The number of hydrogen-bond donors (Lipinski definition) is 2. The van der Waals surface area contributed by atoms with Gasteiger partial charge in [0, 0.05) is 5.56 Å². The highest BCUT2D eigenvalue weighted by Crippen LogP contribution is 2.25. The van der Waals surface area contributed by atoms with Gasteiger partial charge in [0.05, 0.1) is 12.8 Å². The van der Waals surface area contributed by atoms with Crippen molar-refractivity contribution in [2.75, 3.05) is 7.11 Å². The summed E-state index contributed by atoms with van der Waals surface area (Å²) in [6, 6.07) is 0. The number of carbonyl (C=O) groups is 1. The molecule has 0 bridgehead atoms. The van der Waals surface area contributed by atoms with Gasteiger partial charge in [-0.1, -0.05) is 0 Å². The Hall–Kier alpha value is -1.45. The number of nitrogens with one attached hydrogen (secondary N) is 1. The molecule has 0 unspecified atom stereocenters. The normalized spacial score (nSPS) is 9.92. The maximum atomic E-state index is 10.6. The van der Waals surface area contributed by atoms with Crippen molar-refractivity contribution in [3.05, 3.63) is 17.0 Å². The SMILES string of the molecule is COc1c(C)[nH]c(C(=O)O)c1C. The fourth-order valence-electron chi connectivity index (χ4n) is 1.25. The van der Waals surface area contributed by atoms with E-state index in [2.05, 4.69) is 4.98 Å². The van der Waals surface area contributed by atoms with Gasteiger partial charge in [0.1, 0.15) is 11.4 Å². The van der Waals surface area contributed by atoms with Crippen LogP contribution in [0.1, 0.15) is 21.7 Å². The van der Waals surface area contributed by atoms with Gasteiger partial charge in [-0.3, -0.25) is 0 Å². The van der Waals surface area contributed by atoms with E-state index in [4.69, 9.17) is 9.84 Å². The monoisotopic (exact) mass is 169 g/mol. The van der Waals surface area contributed by atoms with E-state index >= 15 is 0 Å². The van der Waals surface area contributed by atoms with Crippen LogP contribution in [0.25, 0.3) is 0 Å². The number of carboxylic acid groups (broad SMARTS) is 1. The fourth-order valence-corrected chi connectivity index (χ4v) is 1.25. The number of aromatic carboxylic acids is 1. The third kappa shape index (κ3) is 1.15. The predicted octanol–water partition coefficient (Wildman–Crippen LogP) is 1.34. The number of hydrogen-bond acceptors (Lipinski definition) is 2. The molecule has 0 fully saturated rings. The van der Waals surface area contributed by atoms with Crippen molar-refractivity contribution in [1.82, 2.24) is 4.98 Å². The van der Waals surface area contributed by atoms with Crippen molar-refractivity contribution < 1.29 is 14.6 Å². The van der Waals surface area contributed by atoms with E-state index in [-0.39, 0.29) is 5.69 Å². The molecule has 4 nitrogen and oxygen atoms in total. The molecule has 2 N–H and O–H groups in total. The second-order valence-electron chi connectivity index (χ2n) is 2.59. The fraction of sp³-hybridized carbons (Fsp3) is 0.375. The Kier molecular flexibility index (Phi) is 2.08. The van der Waals surface area contributed by atoms with Crippen LogP contribution < -0.4 is 4.74 Å². The zero-order valence-electron chi connectivity index (χ0n) is 7.26. The summed E-state index contributed by atoms with van der Waals surface area (Å²) in [5, 5.41) is 8.71. The Labute approximate surface area is 70.2 Å². The number of H-pyrrole nitrogens is 1. The quantitative estimate of drug-likeness (QED) is 0.702. The first-order valence-corrected chi connectivity index (χ1v) is 3.54. The van der Waals surface area contributed by atoms with E-state index in [1.807, 2.05) is 0 Å². The molecule has 0 radical (unpaired) electrons. The Bertz CT molecular complexity index is 314. The molecular weight excluding hydrogens is 158 g/mol. The van der Waals surface area contributed by atoms with Gasteiger partial charge >= 0.3 is 5.97 Å². The average Bonchev–Trinajstić information content (AvgIpc) is 2.27. The van der Waals surface area contributed by atoms with E-state index in [1.165, 1.54) is 7.11 Å². The molecule has 4 heteroatoms. The number of carboxylic acids is 1. The number of aromatic amines is 1. The third-order valence-corrected chi connectivity index (χ3v) is 1.79. The molecule has 66 valence electrons. The van der Waals surface area contributed by atoms with Crippen LogP contribution in [-0.4, -0.2) is 23.2 Å².